The van der Waals surface area contributed by atoms with E-state index in [0.717, 1.165) is 62.6 Å². The van der Waals surface area contributed by atoms with E-state index in [0.29, 0.717) is 0 Å². The highest BCUT2D eigenvalue weighted by molar-refractivity contribution is 9.10. The van der Waals surface area contributed by atoms with Crippen molar-refractivity contribution in [2.75, 3.05) is 0 Å². The zero-order valence-corrected chi connectivity index (χ0v) is 22.4. The SMILES string of the molecule is CCCCn1c2cc(Br)ccc2c2cc3c(cc21)C(c1ccc(C)cc1)=C(c1ccc(C)cc1)C3=O. The van der Waals surface area contributed by atoms with Crippen LogP contribution in [-0.2, 0) is 6.54 Å². The summed E-state index contributed by atoms with van der Waals surface area (Å²) in [6.45, 7) is 7.36. The number of ketones is 1. The van der Waals surface area contributed by atoms with E-state index in [9.17, 15) is 4.79 Å². The Morgan fingerprint density at radius 3 is 1.94 bits per heavy atom. The summed E-state index contributed by atoms with van der Waals surface area (Å²) in [5.41, 5.74) is 10.5. The Hall–Kier alpha value is -3.43. The number of hydrogen-bond donors (Lipinski definition) is 0. The van der Waals surface area contributed by atoms with E-state index in [4.69, 9.17) is 0 Å². The predicted octanol–water partition coefficient (Wildman–Crippen LogP) is 9.13. The third-order valence-corrected chi connectivity index (χ3v) is 7.87. The van der Waals surface area contributed by atoms with Gasteiger partial charge in [0, 0.05) is 44.0 Å². The molecule has 1 heterocycles. The highest BCUT2D eigenvalue weighted by Gasteiger charge is 2.32. The van der Waals surface area contributed by atoms with Crippen molar-refractivity contribution in [1.29, 1.82) is 0 Å². The molecular weight excluding hydrogens is 506 g/mol. The topological polar surface area (TPSA) is 22.0 Å². The average molecular weight is 534 g/mol. The molecule has 6 rings (SSSR count). The van der Waals surface area contributed by atoms with Gasteiger partial charge in [-0.15, -0.1) is 0 Å². The van der Waals surface area contributed by atoms with Gasteiger partial charge in [-0.3, -0.25) is 4.79 Å². The third kappa shape index (κ3) is 3.65. The van der Waals surface area contributed by atoms with Crippen molar-refractivity contribution in [1.82, 2.24) is 4.57 Å². The van der Waals surface area contributed by atoms with Crippen molar-refractivity contribution in [3.8, 4) is 0 Å². The van der Waals surface area contributed by atoms with E-state index >= 15 is 0 Å². The molecule has 4 aromatic carbocycles. The number of carbonyl (C=O) groups is 1. The Balaban J connectivity index is 1.68. The van der Waals surface area contributed by atoms with Gasteiger partial charge in [-0.25, -0.2) is 0 Å². The number of allylic oxidation sites excluding steroid dienone is 1. The fraction of sp³-hybridized carbons (Fsp3) is 0.182. The minimum absolute atomic E-state index is 0.109. The number of aromatic nitrogens is 1. The average Bonchev–Trinajstić information content (AvgIpc) is 3.33. The van der Waals surface area contributed by atoms with Crippen molar-refractivity contribution >= 4 is 54.7 Å². The molecule has 178 valence electrons. The lowest BCUT2D eigenvalue weighted by atomic mass is 9.93. The Morgan fingerprint density at radius 1 is 0.694 bits per heavy atom. The largest absolute Gasteiger partial charge is 0.340 e. The summed E-state index contributed by atoms with van der Waals surface area (Å²) < 4.78 is 3.50. The van der Waals surface area contributed by atoms with Gasteiger partial charge in [0.25, 0.3) is 0 Å². The molecule has 0 bridgehead atoms. The number of aryl methyl sites for hydroxylation is 3. The van der Waals surface area contributed by atoms with Crippen LogP contribution in [0.15, 0.2) is 83.3 Å². The first kappa shape index (κ1) is 23.0. The van der Waals surface area contributed by atoms with Gasteiger partial charge in [0.1, 0.15) is 0 Å². The lowest BCUT2D eigenvalue weighted by Crippen LogP contribution is -2.00. The number of fused-ring (bicyclic) bond motifs is 4. The van der Waals surface area contributed by atoms with Crippen molar-refractivity contribution in [3.63, 3.8) is 0 Å². The molecule has 3 heteroatoms. The van der Waals surface area contributed by atoms with E-state index in [2.05, 4.69) is 120 Å². The van der Waals surface area contributed by atoms with E-state index < -0.39 is 0 Å². The number of nitrogens with zero attached hydrogens (tertiary/aromatic N) is 1. The molecule has 2 nitrogen and oxygen atoms in total. The van der Waals surface area contributed by atoms with Crippen LogP contribution in [0.4, 0.5) is 0 Å². The minimum Gasteiger partial charge on any atom is -0.340 e. The number of Topliss-reactive ketones (excluding diaryl/α,β-unsaturated/α-hetero) is 1. The van der Waals surface area contributed by atoms with E-state index in [-0.39, 0.29) is 5.78 Å². The molecule has 0 saturated heterocycles. The summed E-state index contributed by atoms with van der Waals surface area (Å²) in [5, 5.41) is 2.34. The lowest BCUT2D eigenvalue weighted by Gasteiger charge is -2.11. The fourth-order valence-electron chi connectivity index (χ4n) is 5.46. The summed E-state index contributed by atoms with van der Waals surface area (Å²) in [4.78, 5) is 14.1. The van der Waals surface area contributed by atoms with Gasteiger partial charge < -0.3 is 4.57 Å². The van der Waals surface area contributed by atoms with Gasteiger partial charge in [0.2, 0.25) is 0 Å². The molecule has 0 N–H and O–H groups in total. The molecule has 36 heavy (non-hydrogen) atoms. The van der Waals surface area contributed by atoms with Gasteiger partial charge in [-0.05, 0) is 61.2 Å². The molecule has 0 fully saturated rings. The first-order valence-corrected chi connectivity index (χ1v) is 13.4. The van der Waals surface area contributed by atoms with Crippen molar-refractivity contribution in [3.05, 3.63) is 117 Å². The Morgan fingerprint density at radius 2 is 1.31 bits per heavy atom. The van der Waals surface area contributed by atoms with Crippen molar-refractivity contribution in [2.45, 2.75) is 40.2 Å². The van der Waals surface area contributed by atoms with Crippen LogP contribution in [0, 0.1) is 13.8 Å². The highest BCUT2D eigenvalue weighted by Crippen LogP contribution is 2.45. The number of hydrogen-bond acceptors (Lipinski definition) is 1. The molecule has 0 amide bonds. The van der Waals surface area contributed by atoms with Gasteiger partial charge in [-0.2, -0.15) is 0 Å². The summed E-state index contributed by atoms with van der Waals surface area (Å²) in [6, 6.07) is 27.8. The van der Waals surface area contributed by atoms with Crippen LogP contribution in [0.25, 0.3) is 33.0 Å². The zero-order chi connectivity index (χ0) is 25.0. The smallest absolute Gasteiger partial charge is 0.194 e. The van der Waals surface area contributed by atoms with Crippen molar-refractivity contribution in [2.24, 2.45) is 0 Å². The standard InChI is InChI=1S/C33H28BrNO/c1-4-5-16-35-29-17-24(34)14-15-25(29)26-18-28-27(19-30(26)35)31(22-10-6-20(2)7-11-22)32(33(28)36)23-12-8-21(3)9-13-23/h6-15,17-19H,4-5,16H2,1-3H3. The van der Waals surface area contributed by atoms with Crippen LogP contribution in [-0.4, -0.2) is 10.4 Å². The number of halogens is 1. The van der Waals surface area contributed by atoms with E-state index in [1.807, 2.05) is 0 Å². The summed E-state index contributed by atoms with van der Waals surface area (Å²) in [5.74, 6) is 0.109. The first-order valence-electron chi connectivity index (χ1n) is 12.6. The maximum atomic E-state index is 14.1. The molecule has 0 saturated carbocycles. The van der Waals surface area contributed by atoms with Gasteiger partial charge in [0.15, 0.2) is 5.78 Å². The predicted molar refractivity (Wildman–Crippen MR) is 155 cm³/mol. The zero-order valence-electron chi connectivity index (χ0n) is 20.9. The molecule has 5 aromatic rings. The molecule has 1 aliphatic carbocycles. The number of carbonyl (C=O) groups excluding carboxylic acids is 1. The minimum atomic E-state index is 0.109. The quantitative estimate of drug-likeness (QED) is 0.220. The fourth-order valence-corrected chi connectivity index (χ4v) is 5.81. The molecule has 0 atom stereocenters. The third-order valence-electron chi connectivity index (χ3n) is 7.37. The Bertz CT molecular complexity index is 1680. The first-order chi connectivity index (χ1) is 17.5. The molecule has 0 aliphatic heterocycles. The van der Waals surface area contributed by atoms with Crippen LogP contribution in [0.5, 0.6) is 0 Å². The van der Waals surface area contributed by atoms with Crippen LogP contribution >= 0.6 is 15.9 Å². The number of unbranched alkanes of at least 4 members (excludes halogenated alkanes) is 1. The van der Waals surface area contributed by atoms with E-state index in [1.165, 1.54) is 27.5 Å². The van der Waals surface area contributed by atoms with E-state index in [1.54, 1.807) is 0 Å². The van der Waals surface area contributed by atoms with Gasteiger partial charge in [0.05, 0.1) is 5.52 Å². The molecule has 1 aliphatic rings. The summed E-state index contributed by atoms with van der Waals surface area (Å²) in [6.07, 6.45) is 2.24. The molecule has 0 spiro atoms. The number of rotatable bonds is 5. The molecular formula is C33H28BrNO. The normalized spacial score (nSPS) is 13.3. The molecule has 0 unspecified atom stereocenters. The second-order valence-corrected chi connectivity index (χ2v) is 10.8. The number of benzene rings is 4. The lowest BCUT2D eigenvalue weighted by molar-refractivity contribution is 0.105. The second kappa shape index (κ2) is 8.90. The second-order valence-electron chi connectivity index (χ2n) is 9.89. The van der Waals surface area contributed by atoms with Crippen molar-refractivity contribution < 1.29 is 4.79 Å². The Kier molecular flexibility index (Phi) is 5.69. The molecule has 0 radical (unpaired) electrons. The van der Waals surface area contributed by atoms with Gasteiger partial charge >= 0.3 is 0 Å². The summed E-state index contributed by atoms with van der Waals surface area (Å²) in [7, 11) is 0. The van der Waals surface area contributed by atoms with Crippen LogP contribution in [0.1, 0.15) is 57.9 Å². The highest BCUT2D eigenvalue weighted by atomic mass is 79.9. The maximum absolute atomic E-state index is 14.1. The van der Waals surface area contributed by atoms with Crippen LogP contribution < -0.4 is 0 Å². The van der Waals surface area contributed by atoms with Crippen LogP contribution in [0.3, 0.4) is 0 Å². The Labute approximate surface area is 220 Å². The van der Waals surface area contributed by atoms with Crippen LogP contribution in [0.2, 0.25) is 0 Å². The maximum Gasteiger partial charge on any atom is 0.194 e. The molecule has 1 aromatic heterocycles. The van der Waals surface area contributed by atoms with Gasteiger partial charge in [-0.1, -0.05) is 95.0 Å². The monoisotopic (exact) mass is 533 g/mol. The summed E-state index contributed by atoms with van der Waals surface area (Å²) >= 11 is 3.67.